The number of carbonyl (C=O) groups excluding carboxylic acids is 1. The van der Waals surface area contributed by atoms with Gasteiger partial charge >= 0.3 is 5.97 Å². The summed E-state index contributed by atoms with van der Waals surface area (Å²) < 4.78 is 0. The number of allylic oxidation sites excluding steroid dienone is 1. The lowest BCUT2D eigenvalue weighted by Gasteiger charge is -2.16. The molecule has 0 unspecified atom stereocenters. The normalized spacial score (nSPS) is 15.2. The third kappa shape index (κ3) is 7.62. The zero-order chi connectivity index (χ0) is 14.1. The van der Waals surface area contributed by atoms with Crippen LogP contribution in [0.2, 0.25) is 0 Å². The number of aliphatic carboxylic acids is 1. The van der Waals surface area contributed by atoms with E-state index in [1.54, 1.807) is 11.9 Å². The molecule has 2 N–H and O–H groups in total. The van der Waals surface area contributed by atoms with Crippen LogP contribution in [-0.2, 0) is 9.59 Å². The van der Waals surface area contributed by atoms with Gasteiger partial charge in [-0.05, 0) is 39.2 Å². The molecule has 0 atom stereocenters. The first-order valence-electron chi connectivity index (χ1n) is 6.93. The van der Waals surface area contributed by atoms with E-state index in [-0.39, 0.29) is 18.9 Å². The molecule has 0 aromatic rings. The summed E-state index contributed by atoms with van der Waals surface area (Å²) >= 11 is 0. The molecule has 0 radical (unpaired) electrons. The number of hydrogen-bond donors (Lipinski definition) is 2. The minimum atomic E-state index is -0.837. The first kappa shape index (κ1) is 15.7. The quantitative estimate of drug-likeness (QED) is 0.653. The molecule has 0 aromatic carbocycles. The fourth-order valence-electron chi connectivity index (χ4n) is 2.16. The van der Waals surface area contributed by atoms with Gasteiger partial charge in [-0.1, -0.05) is 11.6 Å². The predicted molar refractivity (Wildman–Crippen MR) is 73.9 cm³/mol. The van der Waals surface area contributed by atoms with Crippen molar-refractivity contribution < 1.29 is 14.7 Å². The highest BCUT2D eigenvalue weighted by Gasteiger charge is 2.08. The molecule has 19 heavy (non-hydrogen) atoms. The zero-order valence-electron chi connectivity index (χ0n) is 11.7. The first-order valence-corrected chi connectivity index (χ1v) is 6.93. The van der Waals surface area contributed by atoms with Crippen LogP contribution in [0.3, 0.4) is 0 Å². The first-order chi connectivity index (χ1) is 9.08. The summed E-state index contributed by atoms with van der Waals surface area (Å²) in [4.78, 5) is 23.7. The van der Waals surface area contributed by atoms with Crippen LogP contribution >= 0.6 is 0 Å². The fraction of sp³-hybridized carbons (Fsp3) is 0.714. The highest BCUT2D eigenvalue weighted by Crippen LogP contribution is 2.19. The van der Waals surface area contributed by atoms with Crippen LogP contribution in [-0.4, -0.2) is 48.6 Å². The minimum absolute atomic E-state index is 0.0377. The second-order valence-electron chi connectivity index (χ2n) is 5.09. The van der Waals surface area contributed by atoms with Gasteiger partial charge in [0.2, 0.25) is 5.91 Å². The van der Waals surface area contributed by atoms with E-state index in [1.165, 1.54) is 24.8 Å². The molecule has 5 nitrogen and oxygen atoms in total. The monoisotopic (exact) mass is 268 g/mol. The van der Waals surface area contributed by atoms with E-state index in [0.29, 0.717) is 13.1 Å². The van der Waals surface area contributed by atoms with Crippen LogP contribution in [0.25, 0.3) is 0 Å². The van der Waals surface area contributed by atoms with Gasteiger partial charge in [0.15, 0.2) is 0 Å². The van der Waals surface area contributed by atoms with Crippen LogP contribution in [0, 0.1) is 0 Å². The fourth-order valence-corrected chi connectivity index (χ4v) is 2.16. The molecule has 1 aliphatic carbocycles. The van der Waals surface area contributed by atoms with Crippen LogP contribution in [0.4, 0.5) is 0 Å². The Morgan fingerprint density at radius 3 is 2.84 bits per heavy atom. The van der Waals surface area contributed by atoms with Crippen molar-refractivity contribution in [1.82, 2.24) is 10.2 Å². The summed E-state index contributed by atoms with van der Waals surface area (Å²) in [5.74, 6) is -0.874. The predicted octanol–water partition coefficient (Wildman–Crippen LogP) is 1.40. The Kier molecular flexibility index (Phi) is 7.18. The van der Waals surface area contributed by atoms with Gasteiger partial charge in [-0.3, -0.25) is 14.5 Å². The lowest BCUT2D eigenvalue weighted by molar-refractivity contribution is -0.137. The van der Waals surface area contributed by atoms with Crippen LogP contribution in [0.15, 0.2) is 11.6 Å². The Hall–Kier alpha value is -1.36. The third-order valence-corrected chi connectivity index (χ3v) is 3.27. The number of hydrogen-bond acceptors (Lipinski definition) is 3. The molecule has 0 fully saturated rings. The number of carboxylic acids is 1. The van der Waals surface area contributed by atoms with Gasteiger partial charge < -0.3 is 10.4 Å². The molecule has 0 aliphatic heterocycles. The van der Waals surface area contributed by atoms with E-state index in [2.05, 4.69) is 11.4 Å². The molecule has 0 spiro atoms. The molecular formula is C14H24N2O3. The zero-order valence-corrected chi connectivity index (χ0v) is 11.7. The highest BCUT2D eigenvalue weighted by atomic mass is 16.4. The topological polar surface area (TPSA) is 69.6 Å². The van der Waals surface area contributed by atoms with Crippen molar-refractivity contribution in [2.45, 2.75) is 38.5 Å². The average Bonchev–Trinajstić information content (AvgIpc) is 2.37. The number of rotatable bonds is 8. The van der Waals surface area contributed by atoms with Crippen molar-refractivity contribution in [1.29, 1.82) is 0 Å². The molecule has 0 aromatic heterocycles. The Morgan fingerprint density at radius 2 is 2.21 bits per heavy atom. The summed E-state index contributed by atoms with van der Waals surface area (Å²) in [6.45, 7) is 1.33. The van der Waals surface area contributed by atoms with Gasteiger partial charge in [0, 0.05) is 13.1 Å². The van der Waals surface area contributed by atoms with Gasteiger partial charge in [0.05, 0.1) is 13.0 Å². The van der Waals surface area contributed by atoms with Gasteiger partial charge in [-0.25, -0.2) is 0 Å². The van der Waals surface area contributed by atoms with Gasteiger partial charge in [-0.2, -0.15) is 0 Å². The Labute approximate surface area is 114 Å². The van der Waals surface area contributed by atoms with Crippen LogP contribution in [0.5, 0.6) is 0 Å². The van der Waals surface area contributed by atoms with Gasteiger partial charge in [0.1, 0.15) is 0 Å². The van der Waals surface area contributed by atoms with Crippen molar-refractivity contribution in [3.63, 3.8) is 0 Å². The number of likely N-dealkylation sites (N-methyl/N-ethyl adjacent to an activating group) is 1. The summed E-state index contributed by atoms with van der Waals surface area (Å²) in [6, 6.07) is 0. The molecule has 1 rings (SSSR count). The van der Waals surface area contributed by atoms with Crippen molar-refractivity contribution in [2.24, 2.45) is 0 Å². The van der Waals surface area contributed by atoms with Crippen LogP contribution < -0.4 is 5.32 Å². The van der Waals surface area contributed by atoms with Gasteiger partial charge in [-0.15, -0.1) is 0 Å². The van der Waals surface area contributed by atoms with E-state index < -0.39 is 5.97 Å². The van der Waals surface area contributed by atoms with E-state index in [1.807, 2.05) is 0 Å². The van der Waals surface area contributed by atoms with Crippen molar-refractivity contribution in [3.8, 4) is 0 Å². The molecule has 1 amide bonds. The number of carboxylic acid groups (broad SMARTS) is 1. The lowest BCUT2D eigenvalue weighted by atomic mass is 9.97. The summed E-state index contributed by atoms with van der Waals surface area (Å²) in [5.41, 5.74) is 1.45. The Morgan fingerprint density at radius 1 is 1.42 bits per heavy atom. The Bertz CT molecular complexity index is 340. The molecule has 0 saturated heterocycles. The molecule has 5 heteroatoms. The van der Waals surface area contributed by atoms with Crippen molar-refractivity contribution in [2.75, 3.05) is 26.7 Å². The molecular weight excluding hydrogens is 244 g/mol. The molecule has 1 aliphatic rings. The van der Waals surface area contributed by atoms with E-state index >= 15 is 0 Å². The second-order valence-corrected chi connectivity index (χ2v) is 5.09. The molecule has 108 valence electrons. The minimum Gasteiger partial charge on any atom is -0.481 e. The van der Waals surface area contributed by atoms with Crippen molar-refractivity contribution >= 4 is 11.9 Å². The maximum absolute atomic E-state index is 11.6. The second kappa shape index (κ2) is 8.69. The lowest BCUT2D eigenvalue weighted by Crippen LogP contribution is -2.36. The number of nitrogens with one attached hydrogen (secondary N) is 1. The number of nitrogens with zero attached hydrogens (tertiary/aromatic N) is 1. The largest absolute Gasteiger partial charge is 0.481 e. The number of carbonyl (C=O) groups is 2. The van der Waals surface area contributed by atoms with E-state index in [0.717, 1.165) is 12.8 Å². The highest BCUT2D eigenvalue weighted by molar-refractivity contribution is 5.78. The Balaban J connectivity index is 2.10. The number of amides is 1. The van der Waals surface area contributed by atoms with E-state index in [4.69, 9.17) is 5.11 Å². The SMILES string of the molecule is CN(CCC(=O)O)CC(=O)NCCC1=CCCCC1. The van der Waals surface area contributed by atoms with Gasteiger partial charge in [0.25, 0.3) is 0 Å². The maximum atomic E-state index is 11.6. The van der Waals surface area contributed by atoms with Crippen LogP contribution in [0.1, 0.15) is 38.5 Å². The summed E-state index contributed by atoms with van der Waals surface area (Å²) in [5, 5.41) is 11.4. The van der Waals surface area contributed by atoms with E-state index in [9.17, 15) is 9.59 Å². The summed E-state index contributed by atoms with van der Waals surface area (Å²) in [6.07, 6.45) is 8.16. The smallest absolute Gasteiger partial charge is 0.304 e. The maximum Gasteiger partial charge on any atom is 0.304 e. The summed E-state index contributed by atoms with van der Waals surface area (Å²) in [7, 11) is 1.76. The molecule has 0 saturated carbocycles. The van der Waals surface area contributed by atoms with Crippen molar-refractivity contribution in [3.05, 3.63) is 11.6 Å². The molecule has 0 heterocycles. The third-order valence-electron chi connectivity index (χ3n) is 3.27. The average molecular weight is 268 g/mol. The molecule has 0 bridgehead atoms. The standard InChI is InChI=1S/C14H24N2O3/c1-16(10-8-14(18)19)11-13(17)15-9-7-12-5-3-2-4-6-12/h5H,2-4,6-11H2,1H3,(H,15,17)(H,18,19).